The summed E-state index contributed by atoms with van der Waals surface area (Å²) in [6.45, 7) is 2.60. The first-order chi connectivity index (χ1) is 12.2. The number of fused-ring (bicyclic) bond motifs is 1. The minimum atomic E-state index is -0.669. The van der Waals surface area contributed by atoms with Crippen LogP contribution in [-0.2, 0) is 15.1 Å². The Balaban J connectivity index is 1.67. The van der Waals surface area contributed by atoms with Crippen LogP contribution in [0.5, 0.6) is 11.5 Å². The van der Waals surface area contributed by atoms with Crippen LogP contribution < -0.4 is 14.8 Å². The molecule has 5 heteroatoms. The quantitative estimate of drug-likeness (QED) is 0.878. The Bertz CT molecular complexity index is 713. The van der Waals surface area contributed by atoms with Crippen LogP contribution in [0.15, 0.2) is 54.6 Å². The highest BCUT2D eigenvalue weighted by Crippen LogP contribution is 2.31. The number of carbonyl (C=O) groups is 1. The molecule has 0 spiro atoms. The molecule has 1 amide bonds. The maximum Gasteiger partial charge on any atom is 0.264 e. The molecule has 25 heavy (non-hydrogen) atoms. The summed E-state index contributed by atoms with van der Waals surface area (Å²) in [4.78, 5) is 12.5. The zero-order valence-corrected chi connectivity index (χ0v) is 14.5. The number of ether oxygens (including phenoxy) is 3. The van der Waals surface area contributed by atoms with E-state index >= 15 is 0 Å². The molecule has 2 atom stereocenters. The first kappa shape index (κ1) is 17.3. The van der Waals surface area contributed by atoms with E-state index in [2.05, 4.69) is 5.32 Å². The summed E-state index contributed by atoms with van der Waals surface area (Å²) < 4.78 is 17.1. The maximum absolute atomic E-state index is 12.5. The number of nitrogens with one attached hydrogen (secondary N) is 1. The molecule has 2 aromatic rings. The second-order valence-electron chi connectivity index (χ2n) is 6.00. The fourth-order valence-corrected chi connectivity index (χ4v) is 3.00. The minimum Gasteiger partial charge on any atom is -0.485 e. The summed E-state index contributed by atoms with van der Waals surface area (Å²) in [7, 11) is 1.67. The molecule has 0 bridgehead atoms. The highest BCUT2D eigenvalue weighted by atomic mass is 16.6. The normalized spacial score (nSPS) is 18.2. The molecule has 0 fully saturated rings. The number of amides is 1. The van der Waals surface area contributed by atoms with Gasteiger partial charge >= 0.3 is 0 Å². The van der Waals surface area contributed by atoms with Gasteiger partial charge in [0.1, 0.15) is 12.2 Å². The van der Waals surface area contributed by atoms with E-state index in [1.807, 2.05) is 55.5 Å². The van der Waals surface area contributed by atoms with E-state index in [1.54, 1.807) is 13.2 Å². The van der Waals surface area contributed by atoms with Crippen LogP contribution in [0.25, 0.3) is 0 Å². The van der Waals surface area contributed by atoms with Crippen LogP contribution in [0, 0.1) is 0 Å². The van der Waals surface area contributed by atoms with Crippen LogP contribution in [0.1, 0.15) is 18.9 Å². The van der Waals surface area contributed by atoms with E-state index in [0.29, 0.717) is 18.0 Å². The van der Waals surface area contributed by atoms with E-state index in [-0.39, 0.29) is 12.5 Å². The summed E-state index contributed by atoms with van der Waals surface area (Å²) >= 11 is 0. The molecule has 0 saturated carbocycles. The summed E-state index contributed by atoms with van der Waals surface area (Å²) in [5.74, 6) is 1.04. The van der Waals surface area contributed by atoms with E-state index in [1.165, 1.54) is 0 Å². The average molecular weight is 341 g/mol. The molecule has 5 nitrogen and oxygen atoms in total. The third-order valence-corrected chi connectivity index (χ3v) is 4.61. The third kappa shape index (κ3) is 3.61. The molecule has 1 aliphatic rings. The van der Waals surface area contributed by atoms with E-state index < -0.39 is 11.7 Å². The number of hydrogen-bond donors (Lipinski definition) is 1. The Labute approximate surface area is 147 Å². The van der Waals surface area contributed by atoms with Gasteiger partial charge in [0.15, 0.2) is 11.5 Å². The highest BCUT2D eigenvalue weighted by molar-refractivity contribution is 5.81. The van der Waals surface area contributed by atoms with Gasteiger partial charge in [-0.3, -0.25) is 4.79 Å². The predicted molar refractivity (Wildman–Crippen MR) is 94.8 cm³/mol. The number of methoxy groups -OCH3 is 1. The third-order valence-electron chi connectivity index (χ3n) is 4.61. The van der Waals surface area contributed by atoms with Gasteiger partial charge in [-0.1, -0.05) is 49.4 Å². The van der Waals surface area contributed by atoms with Crippen LogP contribution in [-0.4, -0.2) is 32.3 Å². The van der Waals surface area contributed by atoms with Crippen LogP contribution in [0.4, 0.5) is 0 Å². The number of hydrogen-bond acceptors (Lipinski definition) is 4. The number of benzene rings is 2. The molecule has 0 aromatic heterocycles. The van der Waals surface area contributed by atoms with Crippen molar-refractivity contribution in [2.24, 2.45) is 0 Å². The largest absolute Gasteiger partial charge is 0.485 e. The predicted octanol–water partition coefficient (Wildman–Crippen LogP) is 2.89. The molecule has 3 rings (SSSR count). The maximum atomic E-state index is 12.5. The van der Waals surface area contributed by atoms with Crippen molar-refractivity contribution in [2.45, 2.75) is 25.0 Å². The molecule has 0 radical (unpaired) electrons. The molecule has 0 unspecified atom stereocenters. The molecule has 0 saturated heterocycles. The molecule has 0 aliphatic carbocycles. The Morgan fingerprint density at radius 2 is 1.84 bits per heavy atom. The van der Waals surface area contributed by atoms with Gasteiger partial charge in [-0.2, -0.15) is 0 Å². The van der Waals surface area contributed by atoms with Gasteiger partial charge in [0, 0.05) is 7.11 Å². The second-order valence-corrected chi connectivity index (χ2v) is 6.00. The highest BCUT2D eigenvalue weighted by Gasteiger charge is 2.33. The smallest absolute Gasteiger partial charge is 0.264 e. The first-order valence-corrected chi connectivity index (χ1v) is 8.45. The summed E-state index contributed by atoms with van der Waals surface area (Å²) in [6, 6.07) is 17.3. The van der Waals surface area contributed by atoms with Crippen molar-refractivity contribution >= 4 is 5.91 Å². The van der Waals surface area contributed by atoms with E-state index in [4.69, 9.17) is 14.2 Å². The van der Waals surface area contributed by atoms with E-state index in [0.717, 1.165) is 12.0 Å². The zero-order chi connectivity index (χ0) is 17.7. The van der Waals surface area contributed by atoms with Crippen molar-refractivity contribution in [3.8, 4) is 11.5 Å². The summed E-state index contributed by atoms with van der Waals surface area (Å²) in [5.41, 5.74) is 0.469. The van der Waals surface area contributed by atoms with Crippen molar-refractivity contribution in [3.05, 3.63) is 60.2 Å². The molecule has 132 valence electrons. The number of carbonyl (C=O) groups excluding carboxylic acids is 1. The first-order valence-electron chi connectivity index (χ1n) is 8.45. The Hall–Kier alpha value is -2.53. The lowest BCUT2D eigenvalue weighted by atomic mass is 9.90. The summed E-state index contributed by atoms with van der Waals surface area (Å²) in [6.07, 6.45) is 0.0654. The number of rotatable bonds is 6. The van der Waals surface area contributed by atoms with Crippen LogP contribution >= 0.6 is 0 Å². The standard InChI is InChI=1S/C20H23NO4/c1-3-20(23-2,15-9-5-4-6-10-15)14-21-19(22)18-13-24-16-11-7-8-12-17(16)25-18/h4-12,18H,3,13-14H2,1-2H3,(H,21,22)/t18-,20-/m1/s1. The molecular formula is C20H23NO4. The molecule has 1 heterocycles. The van der Waals surface area contributed by atoms with E-state index in [9.17, 15) is 4.79 Å². The Kier molecular flexibility index (Phi) is 5.24. The Morgan fingerprint density at radius 1 is 1.16 bits per heavy atom. The lowest BCUT2D eigenvalue weighted by Gasteiger charge is -2.33. The summed E-state index contributed by atoms with van der Waals surface area (Å²) in [5, 5.41) is 2.96. The number of para-hydroxylation sites is 2. The van der Waals surface area contributed by atoms with Crippen molar-refractivity contribution < 1.29 is 19.0 Å². The van der Waals surface area contributed by atoms with Gasteiger partial charge in [-0.05, 0) is 24.1 Å². The SMILES string of the molecule is CC[C@](CNC(=O)[C@H]1COc2ccccc2O1)(OC)c1ccccc1. The topological polar surface area (TPSA) is 56.8 Å². The Morgan fingerprint density at radius 3 is 2.52 bits per heavy atom. The average Bonchev–Trinajstić information content (AvgIpc) is 2.69. The monoisotopic (exact) mass is 341 g/mol. The minimum absolute atomic E-state index is 0.195. The van der Waals surface area contributed by atoms with Gasteiger partial charge in [-0.25, -0.2) is 0 Å². The van der Waals surface area contributed by atoms with Crippen molar-refractivity contribution in [3.63, 3.8) is 0 Å². The zero-order valence-electron chi connectivity index (χ0n) is 14.5. The van der Waals surface area contributed by atoms with Crippen molar-refractivity contribution in [1.82, 2.24) is 5.32 Å². The second kappa shape index (κ2) is 7.57. The van der Waals surface area contributed by atoms with Gasteiger partial charge in [0.2, 0.25) is 6.10 Å². The molecule has 1 N–H and O–H groups in total. The van der Waals surface area contributed by atoms with Crippen molar-refractivity contribution in [1.29, 1.82) is 0 Å². The lowest BCUT2D eigenvalue weighted by Crippen LogP contribution is -2.49. The fourth-order valence-electron chi connectivity index (χ4n) is 3.00. The van der Waals surface area contributed by atoms with Gasteiger partial charge < -0.3 is 19.5 Å². The van der Waals surface area contributed by atoms with Crippen molar-refractivity contribution in [2.75, 3.05) is 20.3 Å². The lowest BCUT2D eigenvalue weighted by molar-refractivity contribution is -0.132. The van der Waals surface area contributed by atoms with Crippen LogP contribution in [0.3, 0.4) is 0 Å². The molecule has 2 aromatic carbocycles. The van der Waals surface area contributed by atoms with Gasteiger partial charge in [-0.15, -0.1) is 0 Å². The van der Waals surface area contributed by atoms with Gasteiger partial charge in [0.05, 0.1) is 6.54 Å². The molecular weight excluding hydrogens is 318 g/mol. The molecule has 1 aliphatic heterocycles. The van der Waals surface area contributed by atoms with Gasteiger partial charge in [0.25, 0.3) is 5.91 Å². The fraction of sp³-hybridized carbons (Fsp3) is 0.350. The van der Waals surface area contributed by atoms with Crippen LogP contribution in [0.2, 0.25) is 0 Å².